The van der Waals surface area contributed by atoms with E-state index < -0.39 is 0 Å². The van der Waals surface area contributed by atoms with E-state index in [0.29, 0.717) is 11.6 Å². The summed E-state index contributed by atoms with van der Waals surface area (Å²) in [4.78, 5) is 13.9. The molecule has 0 unspecified atom stereocenters. The molecule has 0 saturated carbocycles. The first-order valence-electron chi connectivity index (χ1n) is 12.3. The van der Waals surface area contributed by atoms with Crippen LogP contribution in [0.5, 0.6) is 0 Å². The van der Waals surface area contributed by atoms with E-state index in [-0.39, 0.29) is 5.28 Å². The number of benzene rings is 5. The summed E-state index contributed by atoms with van der Waals surface area (Å²) in [6.07, 6.45) is 0. The van der Waals surface area contributed by atoms with E-state index in [9.17, 15) is 0 Å². The molecule has 7 rings (SSSR count). The van der Waals surface area contributed by atoms with Crippen molar-refractivity contribution < 1.29 is 0 Å². The molecule has 0 N–H and O–H groups in total. The van der Waals surface area contributed by atoms with Gasteiger partial charge >= 0.3 is 0 Å². The van der Waals surface area contributed by atoms with Crippen molar-refractivity contribution in [3.8, 4) is 45.0 Å². The number of fused-ring (bicyclic) bond motifs is 3. The molecule has 0 aliphatic rings. The van der Waals surface area contributed by atoms with E-state index in [1.165, 1.54) is 31.5 Å². The Hall–Kier alpha value is -4.38. The molecule has 38 heavy (non-hydrogen) atoms. The highest BCUT2D eigenvalue weighted by atomic mass is 35.5. The van der Waals surface area contributed by atoms with Gasteiger partial charge in [0, 0.05) is 31.3 Å². The van der Waals surface area contributed by atoms with E-state index in [1.807, 2.05) is 36.4 Å². The molecule has 0 amide bonds. The second-order valence-electron chi connectivity index (χ2n) is 9.05. The molecule has 0 atom stereocenters. The van der Waals surface area contributed by atoms with Crippen LogP contribution in [0.4, 0.5) is 0 Å². The van der Waals surface area contributed by atoms with Crippen molar-refractivity contribution in [2.75, 3.05) is 0 Å². The van der Waals surface area contributed by atoms with Crippen molar-refractivity contribution in [1.29, 1.82) is 0 Å². The minimum Gasteiger partial charge on any atom is -0.208 e. The van der Waals surface area contributed by atoms with Crippen LogP contribution >= 0.6 is 22.9 Å². The Kier molecular flexibility index (Phi) is 5.69. The molecule has 0 aliphatic carbocycles. The van der Waals surface area contributed by atoms with Crippen LogP contribution in [-0.2, 0) is 0 Å². The highest BCUT2D eigenvalue weighted by molar-refractivity contribution is 7.25. The van der Waals surface area contributed by atoms with Crippen molar-refractivity contribution in [1.82, 2.24) is 15.0 Å². The second-order valence-corrected chi connectivity index (χ2v) is 10.5. The molecule has 2 aromatic heterocycles. The Bertz CT molecular complexity index is 1910. The van der Waals surface area contributed by atoms with Crippen LogP contribution in [0.1, 0.15) is 0 Å². The third-order valence-corrected chi connectivity index (χ3v) is 8.01. The lowest BCUT2D eigenvalue weighted by Crippen LogP contribution is -1.97. The maximum Gasteiger partial charge on any atom is 0.226 e. The van der Waals surface area contributed by atoms with Crippen LogP contribution in [0.15, 0.2) is 121 Å². The van der Waals surface area contributed by atoms with E-state index in [4.69, 9.17) is 16.6 Å². The Morgan fingerprint density at radius 1 is 0.474 bits per heavy atom. The maximum atomic E-state index is 6.47. The highest BCUT2D eigenvalue weighted by Gasteiger charge is 2.16. The summed E-state index contributed by atoms with van der Waals surface area (Å²) >= 11 is 8.24. The van der Waals surface area contributed by atoms with Crippen LogP contribution in [0.3, 0.4) is 0 Å². The van der Waals surface area contributed by atoms with Gasteiger partial charge in [-0.1, -0.05) is 103 Å². The minimum atomic E-state index is 0.179. The van der Waals surface area contributed by atoms with Gasteiger partial charge in [-0.15, -0.1) is 11.3 Å². The summed E-state index contributed by atoms with van der Waals surface area (Å²) in [6.45, 7) is 0. The van der Waals surface area contributed by atoms with Crippen molar-refractivity contribution >= 4 is 43.1 Å². The Morgan fingerprint density at radius 3 is 1.82 bits per heavy atom. The topological polar surface area (TPSA) is 38.7 Å². The second kappa shape index (κ2) is 9.49. The van der Waals surface area contributed by atoms with Gasteiger partial charge in [0.15, 0.2) is 11.6 Å². The summed E-state index contributed by atoms with van der Waals surface area (Å²) in [5.74, 6) is 1.13. The third-order valence-electron chi connectivity index (χ3n) is 6.70. The van der Waals surface area contributed by atoms with E-state index in [2.05, 4.69) is 94.9 Å². The van der Waals surface area contributed by atoms with Gasteiger partial charge in [0.2, 0.25) is 5.28 Å². The minimum absolute atomic E-state index is 0.179. The van der Waals surface area contributed by atoms with E-state index in [1.54, 1.807) is 11.3 Å². The number of nitrogens with zero attached hydrogens (tertiary/aromatic N) is 3. The summed E-state index contributed by atoms with van der Waals surface area (Å²) in [5, 5.41) is 2.50. The van der Waals surface area contributed by atoms with Crippen molar-refractivity contribution in [2.45, 2.75) is 0 Å². The van der Waals surface area contributed by atoms with Crippen molar-refractivity contribution in [3.05, 3.63) is 127 Å². The SMILES string of the molecule is Clc1nc(-c2ccc(-c3ccccc3)cc2)nc(-c2cccc3sc4ccc(-c5ccccc5)cc4c23)n1. The fourth-order valence-electron chi connectivity index (χ4n) is 4.87. The molecule has 3 nitrogen and oxygen atoms in total. The van der Waals surface area contributed by atoms with Crippen molar-refractivity contribution in [2.24, 2.45) is 0 Å². The fourth-order valence-corrected chi connectivity index (χ4v) is 6.14. The van der Waals surface area contributed by atoms with Crippen LogP contribution in [0, 0.1) is 0 Å². The number of aromatic nitrogens is 3. The van der Waals surface area contributed by atoms with Gasteiger partial charge in [-0.25, -0.2) is 4.98 Å². The molecule has 0 saturated heterocycles. The molecule has 0 fully saturated rings. The van der Waals surface area contributed by atoms with Crippen LogP contribution in [0.2, 0.25) is 5.28 Å². The number of halogens is 1. The lowest BCUT2D eigenvalue weighted by atomic mass is 10.0. The molecular formula is C33H20ClN3S. The largest absolute Gasteiger partial charge is 0.226 e. The zero-order valence-electron chi connectivity index (χ0n) is 20.2. The predicted molar refractivity (Wildman–Crippen MR) is 159 cm³/mol. The lowest BCUT2D eigenvalue weighted by molar-refractivity contribution is 1.07. The molecular weight excluding hydrogens is 506 g/mol. The first-order valence-corrected chi connectivity index (χ1v) is 13.5. The fraction of sp³-hybridized carbons (Fsp3) is 0. The predicted octanol–water partition coefficient (Wildman–Crippen LogP) is 9.56. The molecule has 7 aromatic rings. The molecule has 2 heterocycles. The summed E-state index contributed by atoms with van der Waals surface area (Å²) in [5.41, 5.74) is 6.52. The average molecular weight is 526 g/mol. The average Bonchev–Trinajstić information content (AvgIpc) is 3.36. The van der Waals surface area contributed by atoms with Crippen LogP contribution in [-0.4, -0.2) is 15.0 Å². The Balaban J connectivity index is 1.35. The van der Waals surface area contributed by atoms with Gasteiger partial charge in [-0.05, 0) is 52.1 Å². The van der Waals surface area contributed by atoms with Gasteiger partial charge in [0.05, 0.1) is 0 Å². The van der Waals surface area contributed by atoms with Gasteiger partial charge in [0.1, 0.15) is 0 Å². The molecule has 5 aromatic carbocycles. The van der Waals surface area contributed by atoms with Crippen LogP contribution < -0.4 is 0 Å². The first-order chi connectivity index (χ1) is 18.7. The van der Waals surface area contributed by atoms with Gasteiger partial charge in [-0.2, -0.15) is 9.97 Å². The number of hydrogen-bond donors (Lipinski definition) is 0. The molecule has 0 spiro atoms. The normalized spacial score (nSPS) is 11.3. The smallest absolute Gasteiger partial charge is 0.208 e. The van der Waals surface area contributed by atoms with Gasteiger partial charge in [0.25, 0.3) is 0 Å². The Labute approximate surface area is 229 Å². The summed E-state index contributed by atoms with van der Waals surface area (Å²) in [6, 6.07) is 41.9. The van der Waals surface area contributed by atoms with Crippen molar-refractivity contribution in [3.63, 3.8) is 0 Å². The lowest BCUT2D eigenvalue weighted by Gasteiger charge is -2.08. The summed E-state index contributed by atoms with van der Waals surface area (Å²) in [7, 11) is 0. The number of hydrogen-bond acceptors (Lipinski definition) is 4. The zero-order valence-corrected chi connectivity index (χ0v) is 21.7. The highest BCUT2D eigenvalue weighted by Crippen LogP contribution is 2.41. The van der Waals surface area contributed by atoms with Crippen LogP contribution in [0.25, 0.3) is 65.2 Å². The van der Waals surface area contributed by atoms with E-state index >= 15 is 0 Å². The third kappa shape index (κ3) is 4.14. The monoisotopic (exact) mass is 525 g/mol. The first kappa shape index (κ1) is 22.8. The van der Waals surface area contributed by atoms with Gasteiger partial charge in [-0.3, -0.25) is 0 Å². The standard InChI is InChI=1S/C33H20ClN3S/c34-33-36-31(24-16-14-23(15-17-24)21-8-3-1-4-9-21)35-32(37-33)26-12-7-13-29-30(26)27-20-25(18-19-28(27)38-29)22-10-5-2-6-11-22/h1-20H. The van der Waals surface area contributed by atoms with E-state index in [0.717, 1.165) is 22.1 Å². The molecule has 0 aliphatic heterocycles. The Morgan fingerprint density at radius 2 is 1.08 bits per heavy atom. The zero-order chi connectivity index (χ0) is 25.5. The molecule has 180 valence electrons. The molecule has 0 bridgehead atoms. The summed E-state index contributed by atoms with van der Waals surface area (Å²) < 4.78 is 2.41. The number of thiophene rings is 1. The molecule has 0 radical (unpaired) electrons. The molecule has 5 heteroatoms. The maximum absolute atomic E-state index is 6.47. The quantitative estimate of drug-likeness (QED) is 0.229. The number of rotatable bonds is 4. The van der Waals surface area contributed by atoms with Gasteiger partial charge < -0.3 is 0 Å².